The number of hydrogen-bond donors (Lipinski definition) is 2. The first kappa shape index (κ1) is 20.4. The van der Waals surface area contributed by atoms with Crippen LogP contribution in [0.2, 0.25) is 0 Å². The topological polar surface area (TPSA) is 87.6 Å². The Morgan fingerprint density at radius 1 is 1.18 bits per heavy atom. The van der Waals surface area contributed by atoms with Gasteiger partial charge in [0.2, 0.25) is 5.91 Å². The molecule has 28 heavy (non-hydrogen) atoms. The summed E-state index contributed by atoms with van der Waals surface area (Å²) in [6.45, 7) is 2.68. The minimum Gasteiger partial charge on any atom is -0.325 e. The molecule has 0 atom stereocenters. The fourth-order valence-electron chi connectivity index (χ4n) is 2.72. The third-order valence-corrected chi connectivity index (χ3v) is 6.56. The van der Waals surface area contributed by atoms with Crippen molar-refractivity contribution >= 4 is 39.2 Å². The maximum absolute atomic E-state index is 12.5. The average molecular weight is 418 g/mol. The van der Waals surface area contributed by atoms with Gasteiger partial charge in [-0.05, 0) is 37.1 Å². The van der Waals surface area contributed by atoms with E-state index in [0.717, 1.165) is 17.7 Å². The Bertz CT molecular complexity index is 970. The first-order valence-electron chi connectivity index (χ1n) is 9.02. The predicted octanol–water partition coefficient (Wildman–Crippen LogP) is 3.34. The second-order valence-corrected chi connectivity index (χ2v) is 9.26. The molecule has 1 aliphatic rings. The molecule has 2 aromatic rings. The maximum atomic E-state index is 12.5. The Morgan fingerprint density at radius 3 is 2.68 bits per heavy atom. The van der Waals surface area contributed by atoms with Crippen molar-refractivity contribution in [2.45, 2.75) is 30.4 Å². The molecule has 0 unspecified atom stereocenters. The Labute approximate surface area is 169 Å². The van der Waals surface area contributed by atoms with Gasteiger partial charge >= 0.3 is 0 Å². The van der Waals surface area contributed by atoms with Crippen molar-refractivity contribution in [3.63, 3.8) is 0 Å². The molecular formula is C20H23N3O3S2. The number of benzene rings is 2. The highest BCUT2D eigenvalue weighted by atomic mass is 32.2. The second kappa shape index (κ2) is 9.25. The summed E-state index contributed by atoms with van der Waals surface area (Å²) in [6.07, 6.45) is 1.49. The maximum Gasteiger partial charge on any atom is 0.262 e. The van der Waals surface area contributed by atoms with Gasteiger partial charge in [-0.25, -0.2) is 8.42 Å². The van der Waals surface area contributed by atoms with E-state index in [9.17, 15) is 13.2 Å². The van der Waals surface area contributed by atoms with Gasteiger partial charge < -0.3 is 5.32 Å². The highest BCUT2D eigenvalue weighted by Crippen LogP contribution is 2.18. The summed E-state index contributed by atoms with van der Waals surface area (Å²) in [7, 11) is -3.70. The van der Waals surface area contributed by atoms with Gasteiger partial charge in [-0.3, -0.25) is 14.5 Å². The molecule has 2 N–H and O–H groups in total. The van der Waals surface area contributed by atoms with Crippen molar-refractivity contribution in [1.82, 2.24) is 4.72 Å². The van der Waals surface area contributed by atoms with Crippen molar-refractivity contribution < 1.29 is 13.2 Å². The van der Waals surface area contributed by atoms with Gasteiger partial charge in [0, 0.05) is 24.4 Å². The summed E-state index contributed by atoms with van der Waals surface area (Å²) in [6, 6.07) is 14.4. The SMILES string of the molecule is Cc1ccc(CSCC(=O)Nc2cccc(S(=O)(=O)NC3=NCCC3)c2)cc1. The highest BCUT2D eigenvalue weighted by Gasteiger charge is 2.18. The lowest BCUT2D eigenvalue weighted by Gasteiger charge is -2.10. The summed E-state index contributed by atoms with van der Waals surface area (Å²) in [4.78, 5) is 16.4. The number of amidine groups is 1. The van der Waals surface area contributed by atoms with Crippen molar-refractivity contribution in [3.8, 4) is 0 Å². The lowest BCUT2D eigenvalue weighted by molar-refractivity contribution is -0.113. The van der Waals surface area contributed by atoms with Gasteiger partial charge in [0.1, 0.15) is 5.84 Å². The summed E-state index contributed by atoms with van der Waals surface area (Å²) >= 11 is 1.51. The number of sulfonamides is 1. The highest BCUT2D eigenvalue weighted by molar-refractivity contribution is 7.99. The number of aliphatic imine (C=N–C) groups is 1. The van der Waals surface area contributed by atoms with Crippen LogP contribution in [-0.2, 0) is 20.6 Å². The number of amides is 1. The third kappa shape index (κ3) is 5.84. The smallest absolute Gasteiger partial charge is 0.262 e. The van der Waals surface area contributed by atoms with Crippen molar-refractivity contribution in [1.29, 1.82) is 0 Å². The number of carbonyl (C=O) groups is 1. The van der Waals surface area contributed by atoms with E-state index in [-0.39, 0.29) is 10.8 Å². The molecule has 0 saturated heterocycles. The van der Waals surface area contributed by atoms with Gasteiger partial charge in [0.25, 0.3) is 10.0 Å². The van der Waals surface area contributed by atoms with Crippen LogP contribution < -0.4 is 10.0 Å². The molecule has 0 aromatic heterocycles. The van der Waals surface area contributed by atoms with Crippen molar-refractivity contribution in [3.05, 3.63) is 59.7 Å². The van der Waals surface area contributed by atoms with Gasteiger partial charge in [-0.15, -0.1) is 11.8 Å². The normalized spacial score (nSPS) is 13.8. The van der Waals surface area contributed by atoms with E-state index in [2.05, 4.69) is 27.2 Å². The molecule has 8 heteroatoms. The van der Waals surface area contributed by atoms with E-state index >= 15 is 0 Å². The predicted molar refractivity (Wildman–Crippen MR) is 114 cm³/mol. The second-order valence-electron chi connectivity index (χ2n) is 6.59. The van der Waals surface area contributed by atoms with E-state index in [4.69, 9.17) is 0 Å². The van der Waals surface area contributed by atoms with Crippen LogP contribution in [0, 0.1) is 6.92 Å². The number of nitrogens with zero attached hydrogens (tertiary/aromatic N) is 1. The van der Waals surface area contributed by atoms with Crippen LogP contribution >= 0.6 is 11.8 Å². The molecule has 3 rings (SSSR count). The molecule has 148 valence electrons. The average Bonchev–Trinajstić information content (AvgIpc) is 3.16. The van der Waals surface area contributed by atoms with Crippen LogP contribution in [0.1, 0.15) is 24.0 Å². The number of aryl methyl sites for hydroxylation is 1. The minimum absolute atomic E-state index is 0.104. The zero-order valence-corrected chi connectivity index (χ0v) is 17.3. The molecule has 0 saturated carbocycles. The number of nitrogens with one attached hydrogen (secondary N) is 2. The Hall–Kier alpha value is -2.32. The first-order valence-corrected chi connectivity index (χ1v) is 11.7. The van der Waals surface area contributed by atoms with E-state index in [1.165, 1.54) is 29.5 Å². The van der Waals surface area contributed by atoms with Crippen molar-refractivity contribution in [2.75, 3.05) is 17.6 Å². The van der Waals surface area contributed by atoms with Crippen LogP contribution in [0.4, 0.5) is 5.69 Å². The molecule has 1 aliphatic heterocycles. The largest absolute Gasteiger partial charge is 0.325 e. The van der Waals surface area contributed by atoms with Crippen LogP contribution in [-0.4, -0.2) is 32.5 Å². The Balaban J connectivity index is 1.54. The van der Waals surface area contributed by atoms with E-state index in [1.54, 1.807) is 12.1 Å². The summed E-state index contributed by atoms with van der Waals surface area (Å²) in [5.74, 6) is 1.36. The van der Waals surface area contributed by atoms with Crippen LogP contribution in [0.25, 0.3) is 0 Å². The molecule has 1 amide bonds. The van der Waals surface area contributed by atoms with E-state index < -0.39 is 10.0 Å². The summed E-state index contributed by atoms with van der Waals surface area (Å²) < 4.78 is 27.5. The molecule has 0 bridgehead atoms. The van der Waals surface area contributed by atoms with Crippen LogP contribution in [0.15, 0.2) is 58.4 Å². The van der Waals surface area contributed by atoms with Gasteiger partial charge in [-0.1, -0.05) is 35.9 Å². The molecule has 0 radical (unpaired) electrons. The number of hydrogen-bond acceptors (Lipinski definition) is 5. The van der Waals surface area contributed by atoms with Crippen molar-refractivity contribution in [2.24, 2.45) is 4.99 Å². The zero-order chi connectivity index (χ0) is 20.0. The number of rotatable bonds is 7. The molecule has 0 aliphatic carbocycles. The standard InChI is InChI=1S/C20H23N3O3S2/c1-15-7-9-16(10-8-15)13-27-14-20(24)22-17-4-2-5-18(12-17)28(25,26)23-19-6-3-11-21-19/h2,4-5,7-10,12H,3,6,11,13-14H2,1H3,(H,21,23)(H,22,24). The molecular weight excluding hydrogens is 394 g/mol. The van der Waals surface area contributed by atoms with E-state index in [1.807, 2.05) is 19.1 Å². The fraction of sp³-hybridized carbons (Fsp3) is 0.300. The molecule has 0 fully saturated rings. The van der Waals surface area contributed by atoms with E-state index in [0.29, 0.717) is 30.2 Å². The van der Waals surface area contributed by atoms with Crippen LogP contribution in [0.3, 0.4) is 0 Å². The third-order valence-electron chi connectivity index (χ3n) is 4.18. The molecule has 6 nitrogen and oxygen atoms in total. The molecule has 0 spiro atoms. The minimum atomic E-state index is -3.70. The number of carbonyl (C=O) groups excluding carboxylic acids is 1. The van der Waals surface area contributed by atoms with Gasteiger partial charge in [0.15, 0.2) is 0 Å². The quantitative estimate of drug-likeness (QED) is 0.723. The fourth-order valence-corrected chi connectivity index (χ4v) is 4.64. The molecule has 1 heterocycles. The lowest BCUT2D eigenvalue weighted by Crippen LogP contribution is -2.29. The van der Waals surface area contributed by atoms with Gasteiger partial charge in [0.05, 0.1) is 10.6 Å². The lowest BCUT2D eigenvalue weighted by atomic mass is 10.2. The summed E-state index contributed by atoms with van der Waals surface area (Å²) in [5.41, 5.74) is 2.82. The molecule has 2 aromatic carbocycles. The Kier molecular flexibility index (Phi) is 6.74. The van der Waals surface area contributed by atoms with Gasteiger partial charge in [-0.2, -0.15) is 0 Å². The number of anilines is 1. The zero-order valence-electron chi connectivity index (χ0n) is 15.6. The Morgan fingerprint density at radius 2 is 1.96 bits per heavy atom. The first-order chi connectivity index (χ1) is 13.4. The summed E-state index contributed by atoms with van der Waals surface area (Å²) in [5, 5.41) is 2.76. The monoisotopic (exact) mass is 417 g/mol. The van der Waals surface area contributed by atoms with Crippen LogP contribution in [0.5, 0.6) is 0 Å². The number of thioether (sulfide) groups is 1.